The molecule has 174 valence electrons. The molecule has 4 aromatic rings. The molecule has 0 bridgehead atoms. The third kappa shape index (κ3) is 4.72. The fourth-order valence-corrected chi connectivity index (χ4v) is 5.88. The Bertz CT molecular complexity index is 1330. The van der Waals surface area contributed by atoms with Crippen molar-refractivity contribution in [3.63, 3.8) is 0 Å². The Kier molecular flexibility index (Phi) is 6.66. The van der Waals surface area contributed by atoms with Crippen LogP contribution in [-0.4, -0.2) is 47.0 Å². The van der Waals surface area contributed by atoms with Crippen molar-refractivity contribution < 1.29 is 4.79 Å². The Labute approximate surface area is 212 Å². The largest absolute Gasteiger partial charge is 0.352 e. The van der Waals surface area contributed by atoms with Gasteiger partial charge in [0.05, 0.1) is 5.39 Å². The Balaban J connectivity index is 1.37. The standard InChI is InChI=1S/C27H27BrN4OS/c1-18-19(2)34-26-24(18)25(29-23(30-26)12-11-20-7-4-3-5-8-20)31-13-15-32(16-14-31)27(33)21-9-6-10-22(28)17-21/h3-10,17H,11-16H2,1-2H3. The second-order valence-corrected chi connectivity index (χ2v) is 10.8. The lowest BCUT2D eigenvalue weighted by Crippen LogP contribution is -2.49. The van der Waals surface area contributed by atoms with Crippen molar-refractivity contribution in [2.45, 2.75) is 26.7 Å². The van der Waals surface area contributed by atoms with Crippen molar-refractivity contribution in [1.82, 2.24) is 14.9 Å². The number of benzene rings is 2. The number of hydrogen-bond donors (Lipinski definition) is 0. The molecule has 0 radical (unpaired) electrons. The summed E-state index contributed by atoms with van der Waals surface area (Å²) in [5.41, 5.74) is 3.28. The Morgan fingerprint density at radius 2 is 1.74 bits per heavy atom. The second-order valence-electron chi connectivity index (χ2n) is 8.70. The number of piperazine rings is 1. The maximum absolute atomic E-state index is 13.0. The van der Waals surface area contributed by atoms with Gasteiger partial charge in [-0.25, -0.2) is 9.97 Å². The number of carbonyl (C=O) groups excluding carboxylic acids is 1. The minimum atomic E-state index is 0.0832. The minimum absolute atomic E-state index is 0.0832. The van der Waals surface area contributed by atoms with Crippen molar-refractivity contribution >= 4 is 49.2 Å². The molecule has 1 amide bonds. The number of halogens is 1. The Hall–Kier alpha value is -2.77. The summed E-state index contributed by atoms with van der Waals surface area (Å²) in [5, 5.41) is 1.16. The molecule has 1 saturated heterocycles. The smallest absolute Gasteiger partial charge is 0.254 e. The Morgan fingerprint density at radius 1 is 0.971 bits per heavy atom. The lowest BCUT2D eigenvalue weighted by molar-refractivity contribution is 0.0746. The fraction of sp³-hybridized carbons (Fsp3) is 0.296. The maximum Gasteiger partial charge on any atom is 0.254 e. The van der Waals surface area contributed by atoms with Gasteiger partial charge in [0, 0.05) is 47.5 Å². The monoisotopic (exact) mass is 534 g/mol. The van der Waals surface area contributed by atoms with Gasteiger partial charge < -0.3 is 9.80 Å². The van der Waals surface area contributed by atoms with Gasteiger partial charge in [-0.15, -0.1) is 11.3 Å². The first kappa shape index (κ1) is 23.0. The van der Waals surface area contributed by atoms with Gasteiger partial charge in [-0.05, 0) is 49.6 Å². The van der Waals surface area contributed by atoms with Gasteiger partial charge >= 0.3 is 0 Å². The molecule has 34 heavy (non-hydrogen) atoms. The number of nitrogens with zero attached hydrogens (tertiary/aromatic N) is 4. The highest BCUT2D eigenvalue weighted by Crippen LogP contribution is 2.35. The van der Waals surface area contributed by atoms with Crippen LogP contribution in [0.5, 0.6) is 0 Å². The number of rotatable bonds is 5. The van der Waals surface area contributed by atoms with E-state index in [1.807, 2.05) is 35.2 Å². The van der Waals surface area contributed by atoms with Crippen LogP contribution in [0.3, 0.4) is 0 Å². The van der Waals surface area contributed by atoms with E-state index < -0.39 is 0 Å². The molecule has 1 aliphatic heterocycles. The van der Waals surface area contributed by atoms with Crippen molar-refractivity contribution in [2.75, 3.05) is 31.1 Å². The summed E-state index contributed by atoms with van der Waals surface area (Å²) in [6.45, 7) is 7.20. The normalized spacial score (nSPS) is 14.1. The van der Waals surface area contributed by atoms with Crippen LogP contribution < -0.4 is 4.90 Å². The number of fused-ring (bicyclic) bond motifs is 1. The molecular formula is C27H27BrN4OS. The van der Waals surface area contributed by atoms with Crippen molar-refractivity contribution in [2.24, 2.45) is 0 Å². The van der Waals surface area contributed by atoms with Crippen LogP contribution in [0.4, 0.5) is 5.82 Å². The quantitative estimate of drug-likeness (QED) is 0.323. The zero-order valence-corrected chi connectivity index (χ0v) is 21.8. The number of aryl methyl sites for hydroxylation is 4. The summed E-state index contributed by atoms with van der Waals surface area (Å²) in [6, 6.07) is 18.1. The van der Waals surface area contributed by atoms with Gasteiger partial charge in [0.1, 0.15) is 16.5 Å². The maximum atomic E-state index is 13.0. The van der Waals surface area contributed by atoms with Crippen molar-refractivity contribution in [3.05, 3.63) is 86.5 Å². The Morgan fingerprint density at radius 3 is 2.47 bits per heavy atom. The molecule has 1 fully saturated rings. The highest BCUT2D eigenvalue weighted by molar-refractivity contribution is 9.10. The fourth-order valence-electron chi connectivity index (χ4n) is 4.44. The average molecular weight is 536 g/mol. The number of hydrogen-bond acceptors (Lipinski definition) is 5. The summed E-state index contributed by atoms with van der Waals surface area (Å²) in [4.78, 5) is 29.6. The minimum Gasteiger partial charge on any atom is -0.352 e. The van der Waals surface area contributed by atoms with E-state index in [9.17, 15) is 4.79 Å². The first-order valence-corrected chi connectivity index (χ1v) is 13.2. The van der Waals surface area contributed by atoms with E-state index in [4.69, 9.17) is 9.97 Å². The highest BCUT2D eigenvalue weighted by atomic mass is 79.9. The molecule has 5 rings (SSSR count). The zero-order chi connectivity index (χ0) is 23.7. The van der Waals surface area contributed by atoms with Gasteiger partial charge in [0.15, 0.2) is 0 Å². The summed E-state index contributed by atoms with van der Waals surface area (Å²) < 4.78 is 0.923. The van der Waals surface area contributed by atoms with E-state index in [1.54, 1.807) is 11.3 Å². The van der Waals surface area contributed by atoms with Crippen molar-refractivity contribution in [1.29, 1.82) is 0 Å². The van der Waals surface area contributed by atoms with Gasteiger partial charge in [0.25, 0.3) is 5.91 Å². The van der Waals surface area contributed by atoms with Crippen LogP contribution in [0.25, 0.3) is 10.2 Å². The topological polar surface area (TPSA) is 49.3 Å². The van der Waals surface area contributed by atoms with E-state index in [0.29, 0.717) is 13.1 Å². The lowest BCUT2D eigenvalue weighted by Gasteiger charge is -2.36. The SMILES string of the molecule is Cc1sc2nc(CCc3ccccc3)nc(N3CCN(C(=O)c4cccc(Br)c4)CC3)c2c1C. The van der Waals surface area contributed by atoms with Gasteiger partial charge in [-0.2, -0.15) is 0 Å². The third-order valence-corrected chi connectivity index (χ3v) is 8.07. The van der Waals surface area contributed by atoms with E-state index in [1.165, 1.54) is 16.0 Å². The van der Waals surface area contributed by atoms with Crippen LogP contribution in [-0.2, 0) is 12.8 Å². The number of anilines is 1. The third-order valence-electron chi connectivity index (χ3n) is 6.47. The predicted molar refractivity (Wildman–Crippen MR) is 143 cm³/mol. The molecule has 5 nitrogen and oxygen atoms in total. The number of amides is 1. The summed E-state index contributed by atoms with van der Waals surface area (Å²) >= 11 is 5.22. The van der Waals surface area contributed by atoms with Gasteiger partial charge in [0.2, 0.25) is 0 Å². The van der Waals surface area contributed by atoms with E-state index in [2.05, 4.69) is 58.9 Å². The second kappa shape index (κ2) is 9.84. The zero-order valence-electron chi connectivity index (χ0n) is 19.4. The molecule has 0 atom stereocenters. The molecule has 2 aromatic carbocycles. The van der Waals surface area contributed by atoms with Crippen LogP contribution in [0.1, 0.15) is 32.2 Å². The lowest BCUT2D eigenvalue weighted by atomic mass is 10.1. The van der Waals surface area contributed by atoms with E-state index >= 15 is 0 Å². The highest BCUT2D eigenvalue weighted by Gasteiger charge is 2.26. The molecule has 0 aliphatic carbocycles. The van der Waals surface area contributed by atoms with Crippen LogP contribution in [0.15, 0.2) is 59.1 Å². The predicted octanol–water partition coefficient (Wildman–Crippen LogP) is 5.82. The number of aromatic nitrogens is 2. The van der Waals surface area contributed by atoms with Crippen molar-refractivity contribution in [3.8, 4) is 0 Å². The average Bonchev–Trinajstić information content (AvgIpc) is 3.15. The molecule has 0 N–H and O–H groups in total. The molecule has 0 spiro atoms. The number of carbonyl (C=O) groups is 1. The van der Waals surface area contributed by atoms with E-state index in [-0.39, 0.29) is 5.91 Å². The summed E-state index contributed by atoms with van der Waals surface area (Å²) in [5.74, 6) is 1.99. The molecule has 0 saturated carbocycles. The van der Waals surface area contributed by atoms with Crippen LogP contribution >= 0.6 is 27.3 Å². The molecule has 0 unspecified atom stereocenters. The van der Waals surface area contributed by atoms with Crippen LogP contribution in [0, 0.1) is 13.8 Å². The first-order chi connectivity index (χ1) is 16.5. The van der Waals surface area contributed by atoms with Gasteiger partial charge in [-0.3, -0.25) is 4.79 Å². The molecular weight excluding hydrogens is 508 g/mol. The molecule has 7 heteroatoms. The summed E-state index contributed by atoms with van der Waals surface area (Å²) in [6.07, 6.45) is 1.73. The first-order valence-electron chi connectivity index (χ1n) is 11.6. The molecule has 1 aliphatic rings. The van der Waals surface area contributed by atoms with Gasteiger partial charge in [-0.1, -0.05) is 52.3 Å². The van der Waals surface area contributed by atoms with E-state index in [0.717, 1.165) is 57.8 Å². The summed E-state index contributed by atoms with van der Waals surface area (Å²) in [7, 11) is 0. The van der Waals surface area contributed by atoms with Crippen LogP contribution in [0.2, 0.25) is 0 Å². The molecule has 3 heterocycles. The molecule has 2 aromatic heterocycles. The number of thiophene rings is 1.